The highest BCUT2D eigenvalue weighted by atomic mass is 19.4. The van der Waals surface area contributed by atoms with E-state index in [-0.39, 0.29) is 12.2 Å². The first-order valence-corrected chi connectivity index (χ1v) is 10.6. The summed E-state index contributed by atoms with van der Waals surface area (Å²) in [5.41, 5.74) is 1.53. The minimum Gasteiger partial charge on any atom is -0.378 e. The van der Waals surface area contributed by atoms with Gasteiger partial charge in [0.05, 0.1) is 41.5 Å². The van der Waals surface area contributed by atoms with Crippen molar-refractivity contribution >= 4 is 17.4 Å². The van der Waals surface area contributed by atoms with Crippen molar-refractivity contribution in [2.75, 3.05) is 43.1 Å². The highest BCUT2D eigenvalue weighted by molar-refractivity contribution is 5.93. The van der Waals surface area contributed by atoms with Gasteiger partial charge in [-0.1, -0.05) is 18.2 Å². The van der Waals surface area contributed by atoms with Crippen LogP contribution in [0.5, 0.6) is 0 Å². The summed E-state index contributed by atoms with van der Waals surface area (Å²) in [6, 6.07) is 14.3. The second-order valence-corrected chi connectivity index (χ2v) is 7.55. The molecule has 1 aliphatic rings. The molecule has 7 nitrogen and oxygen atoms in total. The Morgan fingerprint density at radius 2 is 1.82 bits per heavy atom. The van der Waals surface area contributed by atoms with Gasteiger partial charge in [0.1, 0.15) is 0 Å². The summed E-state index contributed by atoms with van der Waals surface area (Å²) in [4.78, 5) is 14.4. The number of amides is 2. The van der Waals surface area contributed by atoms with Gasteiger partial charge in [-0.05, 0) is 36.4 Å². The number of nitrogens with zero attached hydrogens (tertiary/aromatic N) is 3. The van der Waals surface area contributed by atoms with Crippen molar-refractivity contribution in [1.82, 2.24) is 15.1 Å². The maximum Gasteiger partial charge on any atom is 0.416 e. The van der Waals surface area contributed by atoms with Crippen LogP contribution in [0.4, 0.5) is 29.3 Å². The number of ether oxygens (including phenoxy) is 1. The molecule has 0 unspecified atom stereocenters. The van der Waals surface area contributed by atoms with E-state index in [0.29, 0.717) is 38.4 Å². The van der Waals surface area contributed by atoms with Gasteiger partial charge < -0.3 is 20.3 Å². The van der Waals surface area contributed by atoms with E-state index in [1.807, 2.05) is 47.5 Å². The maximum absolute atomic E-state index is 13.2. The van der Waals surface area contributed by atoms with E-state index in [4.69, 9.17) is 4.74 Å². The summed E-state index contributed by atoms with van der Waals surface area (Å²) < 4.78 is 46.7. The molecule has 0 saturated carbocycles. The maximum atomic E-state index is 13.2. The SMILES string of the molecule is O=C(NCCc1ccn(-c2ccccc2)n1)Nc1cc(C(F)(F)F)ccc1N1CCOCC1. The van der Waals surface area contributed by atoms with Crippen molar-refractivity contribution in [3.8, 4) is 5.69 Å². The largest absolute Gasteiger partial charge is 0.416 e. The first-order chi connectivity index (χ1) is 15.9. The number of carbonyl (C=O) groups excluding carboxylic acids is 1. The predicted octanol–water partition coefficient (Wildman–Crippen LogP) is 4.09. The molecular weight excluding hydrogens is 435 g/mol. The highest BCUT2D eigenvalue weighted by Crippen LogP contribution is 2.35. The lowest BCUT2D eigenvalue weighted by Gasteiger charge is -2.31. The van der Waals surface area contributed by atoms with Crippen LogP contribution in [0.15, 0.2) is 60.8 Å². The van der Waals surface area contributed by atoms with Crippen LogP contribution in [0, 0.1) is 0 Å². The van der Waals surface area contributed by atoms with Crippen LogP contribution in [0.2, 0.25) is 0 Å². The molecule has 2 heterocycles. The molecule has 10 heteroatoms. The van der Waals surface area contributed by atoms with Crippen LogP contribution >= 0.6 is 0 Å². The molecule has 2 N–H and O–H groups in total. The minimum absolute atomic E-state index is 0.109. The van der Waals surface area contributed by atoms with E-state index >= 15 is 0 Å². The third-order valence-electron chi connectivity index (χ3n) is 5.26. The highest BCUT2D eigenvalue weighted by Gasteiger charge is 2.32. The monoisotopic (exact) mass is 459 g/mol. The fraction of sp³-hybridized carbons (Fsp3) is 0.304. The fourth-order valence-electron chi connectivity index (χ4n) is 3.58. The molecule has 0 spiro atoms. The number of rotatable bonds is 6. The number of morpholine rings is 1. The smallest absolute Gasteiger partial charge is 0.378 e. The van der Waals surface area contributed by atoms with Crippen molar-refractivity contribution < 1.29 is 22.7 Å². The number of urea groups is 1. The standard InChI is InChI=1S/C23H24F3N5O2/c24-23(25,26)17-6-7-21(30-12-14-33-15-13-30)20(16-17)28-22(32)27-10-8-18-9-11-31(29-18)19-4-2-1-3-5-19/h1-7,9,11,16H,8,10,12-15H2,(H2,27,28,32). The number of benzene rings is 2. The van der Waals surface area contributed by atoms with Crippen molar-refractivity contribution in [2.24, 2.45) is 0 Å². The Morgan fingerprint density at radius 3 is 2.55 bits per heavy atom. The van der Waals surface area contributed by atoms with Crippen molar-refractivity contribution in [3.63, 3.8) is 0 Å². The Kier molecular flexibility index (Phi) is 6.83. The molecule has 0 radical (unpaired) electrons. The van der Waals surface area contributed by atoms with E-state index in [1.165, 1.54) is 6.07 Å². The van der Waals surface area contributed by atoms with Gasteiger partial charge in [0.2, 0.25) is 0 Å². The lowest BCUT2D eigenvalue weighted by Crippen LogP contribution is -2.37. The Balaban J connectivity index is 1.38. The van der Waals surface area contributed by atoms with Crippen molar-refractivity contribution in [1.29, 1.82) is 0 Å². The summed E-state index contributed by atoms with van der Waals surface area (Å²) in [5.74, 6) is 0. The number of carbonyl (C=O) groups is 1. The molecule has 2 amide bonds. The molecular formula is C23H24F3N5O2. The van der Waals surface area contributed by atoms with E-state index in [2.05, 4.69) is 15.7 Å². The van der Waals surface area contributed by atoms with Gasteiger partial charge in [0.25, 0.3) is 0 Å². The third kappa shape index (κ3) is 5.83. The minimum atomic E-state index is -4.51. The fourth-order valence-corrected chi connectivity index (χ4v) is 3.58. The molecule has 4 rings (SSSR count). The molecule has 1 aliphatic heterocycles. The number of hydrogen-bond acceptors (Lipinski definition) is 4. The van der Waals surface area contributed by atoms with E-state index in [1.54, 1.807) is 4.68 Å². The zero-order valence-corrected chi connectivity index (χ0v) is 17.8. The Hall–Kier alpha value is -3.53. The van der Waals surface area contributed by atoms with Crippen molar-refractivity contribution in [2.45, 2.75) is 12.6 Å². The molecule has 0 aliphatic carbocycles. The number of halogens is 3. The molecule has 1 aromatic heterocycles. The van der Waals surface area contributed by atoms with Crippen molar-refractivity contribution in [3.05, 3.63) is 72.1 Å². The molecule has 174 valence electrons. The number of nitrogens with one attached hydrogen (secondary N) is 2. The molecule has 0 atom stereocenters. The molecule has 1 fully saturated rings. The third-order valence-corrected chi connectivity index (χ3v) is 5.26. The zero-order valence-electron chi connectivity index (χ0n) is 17.8. The summed E-state index contributed by atoms with van der Waals surface area (Å²) >= 11 is 0. The molecule has 0 bridgehead atoms. The Bertz CT molecular complexity index is 1080. The van der Waals surface area contributed by atoms with Gasteiger partial charge in [0.15, 0.2) is 0 Å². The summed E-state index contributed by atoms with van der Waals surface area (Å²) in [5, 5.41) is 9.75. The first-order valence-electron chi connectivity index (χ1n) is 10.6. The molecule has 2 aromatic carbocycles. The number of para-hydroxylation sites is 1. The van der Waals surface area contributed by atoms with Gasteiger partial charge in [0, 0.05) is 32.3 Å². The first kappa shape index (κ1) is 22.7. The van der Waals surface area contributed by atoms with Gasteiger partial charge in [-0.2, -0.15) is 18.3 Å². The van der Waals surface area contributed by atoms with Gasteiger partial charge in [-0.3, -0.25) is 0 Å². The summed E-state index contributed by atoms with van der Waals surface area (Å²) in [6.07, 6.45) is -2.19. The van der Waals surface area contributed by atoms with Crippen LogP contribution in [-0.2, 0) is 17.3 Å². The van der Waals surface area contributed by atoms with Gasteiger partial charge in [-0.15, -0.1) is 0 Å². The number of aromatic nitrogens is 2. The predicted molar refractivity (Wildman–Crippen MR) is 119 cm³/mol. The average Bonchev–Trinajstić information content (AvgIpc) is 3.28. The second kappa shape index (κ2) is 9.95. The van der Waals surface area contributed by atoms with E-state index in [9.17, 15) is 18.0 Å². The van der Waals surface area contributed by atoms with Crippen LogP contribution in [0.25, 0.3) is 5.69 Å². The Morgan fingerprint density at radius 1 is 1.06 bits per heavy atom. The van der Waals surface area contributed by atoms with E-state index < -0.39 is 17.8 Å². The second-order valence-electron chi connectivity index (χ2n) is 7.55. The molecule has 1 saturated heterocycles. The zero-order chi connectivity index (χ0) is 23.3. The molecule has 33 heavy (non-hydrogen) atoms. The lowest BCUT2D eigenvalue weighted by molar-refractivity contribution is -0.137. The molecule has 3 aromatic rings. The average molecular weight is 459 g/mol. The van der Waals surface area contributed by atoms with Crippen LogP contribution in [0.3, 0.4) is 0 Å². The van der Waals surface area contributed by atoms with Crippen LogP contribution < -0.4 is 15.5 Å². The normalized spacial score (nSPS) is 14.2. The van der Waals surface area contributed by atoms with Crippen LogP contribution in [-0.4, -0.2) is 48.7 Å². The summed E-state index contributed by atoms with van der Waals surface area (Å²) in [7, 11) is 0. The van der Waals surface area contributed by atoms with Gasteiger partial charge in [-0.25, -0.2) is 9.48 Å². The number of anilines is 2. The topological polar surface area (TPSA) is 71.4 Å². The Labute approximate surface area is 189 Å². The van der Waals surface area contributed by atoms with Gasteiger partial charge >= 0.3 is 12.2 Å². The lowest BCUT2D eigenvalue weighted by atomic mass is 10.1. The number of hydrogen-bond donors (Lipinski definition) is 2. The van der Waals surface area contributed by atoms with E-state index in [0.717, 1.165) is 23.5 Å². The summed E-state index contributed by atoms with van der Waals surface area (Å²) in [6.45, 7) is 2.30. The quantitative estimate of drug-likeness (QED) is 0.583. The number of alkyl halides is 3. The van der Waals surface area contributed by atoms with Crippen LogP contribution in [0.1, 0.15) is 11.3 Å².